The molecule has 0 bridgehead atoms. The number of hydrogen-bond donors (Lipinski definition) is 1. The van der Waals surface area contributed by atoms with Gasteiger partial charge in [-0.2, -0.15) is 4.31 Å². The van der Waals surface area contributed by atoms with Crippen molar-refractivity contribution >= 4 is 31.9 Å². The van der Waals surface area contributed by atoms with Crippen LogP contribution in [0.15, 0.2) is 27.6 Å². The molecule has 0 atom stereocenters. The maximum Gasteiger partial charge on any atom is 0.306 e. The van der Waals surface area contributed by atoms with E-state index in [0.717, 1.165) is 5.56 Å². The highest BCUT2D eigenvalue weighted by Gasteiger charge is 2.32. The molecule has 1 aliphatic rings. The van der Waals surface area contributed by atoms with Crippen LogP contribution >= 0.6 is 15.9 Å². The maximum atomic E-state index is 12.6. The van der Waals surface area contributed by atoms with E-state index in [4.69, 9.17) is 5.11 Å². The molecule has 2 rings (SSSR count). The van der Waals surface area contributed by atoms with Crippen LogP contribution in [-0.4, -0.2) is 36.9 Å². The number of hydrogen-bond acceptors (Lipinski definition) is 3. The molecule has 0 saturated carbocycles. The standard InChI is InChI=1S/C13H16BrNO4S/c1-9-2-3-11(14)12(8-9)20(18,19)15-6-4-10(5-7-15)13(16)17/h2-3,8,10H,4-7H2,1H3,(H,16,17). The van der Waals surface area contributed by atoms with Crippen LogP contribution in [-0.2, 0) is 14.8 Å². The molecule has 110 valence electrons. The number of sulfonamides is 1. The molecule has 0 aromatic heterocycles. The first-order valence-electron chi connectivity index (χ1n) is 6.31. The Labute approximate surface area is 126 Å². The normalized spacial score (nSPS) is 18.1. The summed E-state index contributed by atoms with van der Waals surface area (Å²) in [5.74, 6) is -1.29. The lowest BCUT2D eigenvalue weighted by Crippen LogP contribution is -2.40. The summed E-state index contributed by atoms with van der Waals surface area (Å²) in [5, 5.41) is 8.95. The van der Waals surface area contributed by atoms with E-state index in [1.54, 1.807) is 12.1 Å². The topological polar surface area (TPSA) is 74.7 Å². The highest BCUT2D eigenvalue weighted by Crippen LogP contribution is 2.29. The minimum Gasteiger partial charge on any atom is -0.481 e. The first kappa shape index (κ1) is 15.5. The van der Waals surface area contributed by atoms with Crippen LogP contribution in [0.2, 0.25) is 0 Å². The Hall–Kier alpha value is -0.920. The van der Waals surface area contributed by atoms with Crippen LogP contribution < -0.4 is 0 Å². The minimum absolute atomic E-state index is 0.242. The third-order valence-electron chi connectivity index (χ3n) is 3.51. The van der Waals surface area contributed by atoms with Crippen molar-refractivity contribution in [1.29, 1.82) is 0 Å². The largest absolute Gasteiger partial charge is 0.481 e. The summed E-state index contributed by atoms with van der Waals surface area (Å²) in [6, 6.07) is 5.18. The molecule has 1 heterocycles. The lowest BCUT2D eigenvalue weighted by atomic mass is 9.99. The fourth-order valence-corrected chi connectivity index (χ4v) is 4.77. The smallest absolute Gasteiger partial charge is 0.306 e. The van der Waals surface area contributed by atoms with Gasteiger partial charge in [-0.15, -0.1) is 0 Å². The molecule has 5 nitrogen and oxygen atoms in total. The second-order valence-electron chi connectivity index (χ2n) is 4.95. The second-order valence-corrected chi connectivity index (χ2v) is 7.71. The lowest BCUT2D eigenvalue weighted by Gasteiger charge is -2.29. The van der Waals surface area contributed by atoms with E-state index < -0.39 is 21.9 Å². The molecule has 0 aliphatic carbocycles. The molecule has 1 aliphatic heterocycles. The maximum absolute atomic E-state index is 12.6. The van der Waals surface area contributed by atoms with Crippen LogP contribution in [0, 0.1) is 12.8 Å². The van der Waals surface area contributed by atoms with Crippen LogP contribution in [0.1, 0.15) is 18.4 Å². The third-order valence-corrected chi connectivity index (χ3v) is 6.40. The Balaban J connectivity index is 2.24. The molecule has 7 heteroatoms. The summed E-state index contributed by atoms with van der Waals surface area (Å²) in [4.78, 5) is 11.1. The van der Waals surface area contributed by atoms with E-state index in [1.807, 2.05) is 13.0 Å². The molecule has 1 saturated heterocycles. The fourth-order valence-electron chi connectivity index (χ4n) is 2.29. The van der Waals surface area contributed by atoms with Gasteiger partial charge in [0.15, 0.2) is 0 Å². The van der Waals surface area contributed by atoms with Gasteiger partial charge in [-0.3, -0.25) is 4.79 Å². The average molecular weight is 362 g/mol. The molecule has 0 unspecified atom stereocenters. The Bertz CT molecular complexity index is 621. The summed E-state index contributed by atoms with van der Waals surface area (Å²) < 4.78 is 27.1. The number of carbonyl (C=O) groups is 1. The zero-order valence-electron chi connectivity index (χ0n) is 11.0. The van der Waals surface area contributed by atoms with Gasteiger partial charge in [0, 0.05) is 17.6 Å². The number of carboxylic acid groups (broad SMARTS) is 1. The molecule has 1 aromatic rings. The summed E-state index contributed by atoms with van der Waals surface area (Å²) in [7, 11) is -3.57. The molecule has 0 spiro atoms. The van der Waals surface area contributed by atoms with E-state index in [1.165, 1.54) is 4.31 Å². The van der Waals surface area contributed by atoms with Gasteiger partial charge >= 0.3 is 5.97 Å². The first-order valence-corrected chi connectivity index (χ1v) is 8.55. The van der Waals surface area contributed by atoms with Gasteiger partial charge in [0.05, 0.1) is 10.8 Å². The van der Waals surface area contributed by atoms with Gasteiger partial charge in [0.2, 0.25) is 10.0 Å². The van der Waals surface area contributed by atoms with Crippen molar-refractivity contribution in [2.24, 2.45) is 5.92 Å². The van der Waals surface area contributed by atoms with Crippen molar-refractivity contribution in [3.63, 3.8) is 0 Å². The summed E-state index contributed by atoms with van der Waals surface area (Å²) >= 11 is 3.27. The minimum atomic E-state index is -3.57. The molecule has 1 fully saturated rings. The molecular formula is C13H16BrNO4S. The number of halogens is 1. The van der Waals surface area contributed by atoms with Crippen molar-refractivity contribution in [3.05, 3.63) is 28.2 Å². The number of aliphatic carboxylic acids is 1. The molecule has 0 amide bonds. The number of nitrogens with zero attached hydrogens (tertiary/aromatic N) is 1. The van der Waals surface area contributed by atoms with Gasteiger partial charge in [0.25, 0.3) is 0 Å². The van der Waals surface area contributed by atoms with Crippen LogP contribution in [0.4, 0.5) is 0 Å². The summed E-state index contributed by atoms with van der Waals surface area (Å²) in [6.45, 7) is 2.33. The van der Waals surface area contributed by atoms with Crippen LogP contribution in [0.25, 0.3) is 0 Å². The Morgan fingerprint density at radius 2 is 1.95 bits per heavy atom. The summed E-state index contributed by atoms with van der Waals surface area (Å²) in [6.07, 6.45) is 0.718. The van der Waals surface area contributed by atoms with E-state index in [-0.39, 0.29) is 18.0 Å². The van der Waals surface area contributed by atoms with Gasteiger partial charge in [-0.05, 0) is 53.4 Å². The molecule has 0 radical (unpaired) electrons. The van der Waals surface area contributed by atoms with Crippen molar-refractivity contribution in [2.75, 3.05) is 13.1 Å². The Morgan fingerprint density at radius 3 is 2.50 bits per heavy atom. The molecular weight excluding hydrogens is 346 g/mol. The lowest BCUT2D eigenvalue weighted by molar-refractivity contribution is -0.142. The molecule has 20 heavy (non-hydrogen) atoms. The van der Waals surface area contributed by atoms with Crippen LogP contribution in [0.5, 0.6) is 0 Å². The van der Waals surface area contributed by atoms with E-state index in [9.17, 15) is 13.2 Å². The average Bonchev–Trinajstić information content (AvgIpc) is 2.41. The SMILES string of the molecule is Cc1ccc(Br)c(S(=O)(=O)N2CCC(C(=O)O)CC2)c1. The number of piperidine rings is 1. The highest BCUT2D eigenvalue weighted by atomic mass is 79.9. The van der Waals surface area contributed by atoms with Gasteiger partial charge in [-0.25, -0.2) is 8.42 Å². The fraction of sp³-hybridized carbons (Fsp3) is 0.462. The first-order chi connectivity index (χ1) is 9.32. The zero-order valence-corrected chi connectivity index (χ0v) is 13.4. The summed E-state index contributed by atoms with van der Waals surface area (Å²) in [5.41, 5.74) is 0.868. The predicted octanol–water partition coefficient (Wildman–Crippen LogP) is 2.24. The van der Waals surface area contributed by atoms with E-state index in [0.29, 0.717) is 17.3 Å². The molecule has 1 aromatic carbocycles. The quantitative estimate of drug-likeness (QED) is 0.895. The monoisotopic (exact) mass is 361 g/mol. The molecule has 1 N–H and O–H groups in total. The van der Waals surface area contributed by atoms with Gasteiger partial charge < -0.3 is 5.11 Å². The van der Waals surface area contributed by atoms with Gasteiger partial charge in [0.1, 0.15) is 0 Å². The Kier molecular flexibility index (Phi) is 4.51. The van der Waals surface area contributed by atoms with Crippen molar-refractivity contribution in [1.82, 2.24) is 4.31 Å². The van der Waals surface area contributed by atoms with Gasteiger partial charge in [-0.1, -0.05) is 6.07 Å². The van der Waals surface area contributed by atoms with E-state index in [2.05, 4.69) is 15.9 Å². The van der Waals surface area contributed by atoms with Crippen molar-refractivity contribution in [2.45, 2.75) is 24.7 Å². The van der Waals surface area contributed by atoms with Crippen LogP contribution in [0.3, 0.4) is 0 Å². The number of aryl methyl sites for hydroxylation is 1. The third kappa shape index (κ3) is 3.05. The second kappa shape index (κ2) is 5.83. The Morgan fingerprint density at radius 1 is 1.35 bits per heavy atom. The predicted molar refractivity (Wildman–Crippen MR) is 78.0 cm³/mol. The number of benzene rings is 1. The zero-order chi connectivity index (χ0) is 14.9. The van der Waals surface area contributed by atoms with Crippen molar-refractivity contribution in [3.8, 4) is 0 Å². The van der Waals surface area contributed by atoms with Crippen molar-refractivity contribution < 1.29 is 18.3 Å². The number of rotatable bonds is 3. The van der Waals surface area contributed by atoms with E-state index >= 15 is 0 Å². The highest BCUT2D eigenvalue weighted by molar-refractivity contribution is 9.10. The number of carboxylic acids is 1.